The number of fused-ring (bicyclic) bond motifs is 1. The Hall–Kier alpha value is -2.59. The number of hydrogen-bond acceptors (Lipinski definition) is 7. The Kier molecular flexibility index (Phi) is 4.98. The summed E-state index contributed by atoms with van der Waals surface area (Å²) < 4.78 is 35.4. The number of ether oxygens (including phenoxy) is 1. The second kappa shape index (κ2) is 7.44. The number of nitrogens with zero attached hydrogens (tertiary/aromatic N) is 5. The number of alkyl halides is 1. The highest BCUT2D eigenvalue weighted by Crippen LogP contribution is 2.30. The van der Waals surface area contributed by atoms with Crippen LogP contribution in [0.5, 0.6) is 0 Å². The summed E-state index contributed by atoms with van der Waals surface area (Å²) in [6.45, 7) is 0.727. The lowest BCUT2D eigenvalue weighted by atomic mass is 10.1. The summed E-state index contributed by atoms with van der Waals surface area (Å²) in [5.74, 6) is 1.27. The van der Waals surface area contributed by atoms with Gasteiger partial charge in [0.15, 0.2) is 11.6 Å². The van der Waals surface area contributed by atoms with Crippen molar-refractivity contribution in [3.8, 4) is 11.4 Å². The Balaban J connectivity index is 1.90. The maximum atomic E-state index is 13.5. The van der Waals surface area contributed by atoms with E-state index in [1.54, 1.807) is 31.0 Å². The minimum absolute atomic E-state index is 0.290. The lowest BCUT2D eigenvalue weighted by Crippen LogP contribution is -2.47. The Labute approximate surface area is 162 Å². The minimum atomic E-state index is -2.43. The molecule has 0 aliphatic carbocycles. The highest BCUT2D eigenvalue weighted by molar-refractivity contribution is 7.92. The molecule has 1 aliphatic rings. The van der Waals surface area contributed by atoms with Gasteiger partial charge in [-0.25, -0.2) is 23.6 Å². The lowest BCUT2D eigenvalue weighted by Gasteiger charge is -2.35. The van der Waals surface area contributed by atoms with Crippen LogP contribution in [0.3, 0.4) is 0 Å². The molecule has 1 aliphatic heterocycles. The zero-order valence-corrected chi connectivity index (χ0v) is 16.4. The number of hydrogen-bond donors (Lipinski definition) is 1. The van der Waals surface area contributed by atoms with E-state index in [0.717, 1.165) is 10.9 Å². The number of anilines is 1. The summed E-state index contributed by atoms with van der Waals surface area (Å²) in [6, 6.07) is 4.94. The van der Waals surface area contributed by atoms with Gasteiger partial charge in [0.2, 0.25) is 0 Å². The molecular formula is C18H21FN6O2S. The first-order chi connectivity index (χ1) is 13.4. The van der Waals surface area contributed by atoms with E-state index in [1.807, 2.05) is 17.0 Å². The van der Waals surface area contributed by atoms with Crippen LogP contribution in [0.4, 0.5) is 16.0 Å². The Morgan fingerprint density at radius 1 is 1.39 bits per heavy atom. The van der Waals surface area contributed by atoms with Gasteiger partial charge in [0, 0.05) is 58.2 Å². The van der Waals surface area contributed by atoms with Gasteiger partial charge in [0.05, 0.1) is 19.3 Å². The predicted octanol–water partition coefficient (Wildman–Crippen LogP) is 2.55. The molecular weight excluding hydrogens is 383 g/mol. The van der Waals surface area contributed by atoms with Crippen LogP contribution in [0.15, 0.2) is 35.0 Å². The molecule has 1 atom stereocenters. The van der Waals surface area contributed by atoms with Gasteiger partial charge in [0.1, 0.15) is 18.1 Å². The maximum Gasteiger partial charge on any atom is 0.167 e. The molecule has 0 saturated carbocycles. The number of rotatable bonds is 4. The summed E-state index contributed by atoms with van der Waals surface area (Å²) in [7, 11) is -2.43. The van der Waals surface area contributed by atoms with Crippen molar-refractivity contribution in [2.75, 3.05) is 43.8 Å². The van der Waals surface area contributed by atoms with Crippen molar-refractivity contribution in [3.63, 3.8) is 0 Å². The number of H-pyrrole nitrogens is 1. The van der Waals surface area contributed by atoms with E-state index in [9.17, 15) is 8.60 Å². The van der Waals surface area contributed by atoms with Gasteiger partial charge in [-0.05, 0) is 12.1 Å². The molecule has 0 radical (unpaired) electrons. The highest BCUT2D eigenvalue weighted by atomic mass is 32.2. The van der Waals surface area contributed by atoms with Crippen molar-refractivity contribution in [2.45, 2.75) is 6.04 Å². The number of aromatic nitrogens is 4. The van der Waals surface area contributed by atoms with Crippen LogP contribution in [-0.4, -0.2) is 69.1 Å². The smallest absolute Gasteiger partial charge is 0.167 e. The van der Waals surface area contributed by atoms with Crippen LogP contribution in [-0.2, 0) is 14.5 Å². The van der Waals surface area contributed by atoms with Crippen molar-refractivity contribution < 1.29 is 13.3 Å². The van der Waals surface area contributed by atoms with E-state index in [4.69, 9.17) is 4.74 Å². The van der Waals surface area contributed by atoms with Crippen LogP contribution in [0.1, 0.15) is 0 Å². The van der Waals surface area contributed by atoms with Gasteiger partial charge >= 0.3 is 0 Å². The van der Waals surface area contributed by atoms with E-state index in [2.05, 4.69) is 24.3 Å². The first-order valence-corrected chi connectivity index (χ1v) is 11.2. The predicted molar refractivity (Wildman–Crippen MR) is 107 cm³/mol. The third-order valence-electron chi connectivity index (χ3n) is 4.41. The summed E-state index contributed by atoms with van der Waals surface area (Å²) in [4.78, 5) is 18.4. The molecule has 0 spiro atoms. The van der Waals surface area contributed by atoms with Gasteiger partial charge in [-0.2, -0.15) is 4.36 Å². The van der Waals surface area contributed by atoms with Crippen molar-refractivity contribution in [1.82, 2.24) is 19.9 Å². The molecule has 0 aromatic carbocycles. The third-order valence-corrected chi connectivity index (χ3v) is 5.04. The number of aromatic amines is 1. The van der Waals surface area contributed by atoms with Crippen LogP contribution in [0.2, 0.25) is 0 Å². The van der Waals surface area contributed by atoms with Gasteiger partial charge < -0.3 is 14.6 Å². The number of halogens is 1. The van der Waals surface area contributed by atoms with Crippen molar-refractivity contribution in [3.05, 3.63) is 30.6 Å². The molecule has 4 heterocycles. The second-order valence-corrected chi connectivity index (χ2v) is 9.40. The number of morpholine rings is 1. The molecule has 28 heavy (non-hydrogen) atoms. The van der Waals surface area contributed by atoms with Crippen molar-refractivity contribution >= 4 is 32.4 Å². The summed E-state index contributed by atoms with van der Waals surface area (Å²) in [5, 5.41) is 0.864. The van der Waals surface area contributed by atoms with Crippen molar-refractivity contribution in [1.29, 1.82) is 0 Å². The number of nitrogens with one attached hydrogen (secondary N) is 1. The molecule has 0 amide bonds. The molecule has 3 aromatic heterocycles. The van der Waals surface area contributed by atoms with Crippen molar-refractivity contribution in [2.24, 2.45) is 4.36 Å². The molecule has 3 aromatic rings. The van der Waals surface area contributed by atoms with Crippen LogP contribution >= 0.6 is 0 Å². The van der Waals surface area contributed by atoms with E-state index in [1.165, 1.54) is 0 Å². The fraction of sp³-hybridized carbons (Fsp3) is 0.389. The van der Waals surface area contributed by atoms with Gasteiger partial charge in [0.25, 0.3) is 0 Å². The van der Waals surface area contributed by atoms with Gasteiger partial charge in [-0.1, -0.05) is 0 Å². The van der Waals surface area contributed by atoms with Crippen LogP contribution in [0.25, 0.3) is 22.4 Å². The van der Waals surface area contributed by atoms with Gasteiger partial charge in [-0.3, -0.25) is 0 Å². The largest absolute Gasteiger partial charge is 0.377 e. The van der Waals surface area contributed by atoms with Crippen LogP contribution in [0, 0.1) is 0 Å². The number of pyridine rings is 1. The van der Waals surface area contributed by atoms with E-state index in [0.29, 0.717) is 36.3 Å². The summed E-state index contributed by atoms with van der Waals surface area (Å²) >= 11 is 0. The quantitative estimate of drug-likeness (QED) is 0.718. The first-order valence-electron chi connectivity index (χ1n) is 8.83. The molecule has 4 rings (SSSR count). The average molecular weight is 404 g/mol. The molecule has 10 heteroatoms. The second-order valence-electron chi connectivity index (χ2n) is 6.86. The van der Waals surface area contributed by atoms with E-state index >= 15 is 0 Å². The Bertz CT molecular complexity index is 1120. The molecule has 1 saturated heterocycles. The zero-order valence-electron chi connectivity index (χ0n) is 15.6. The van der Waals surface area contributed by atoms with Gasteiger partial charge in [-0.15, -0.1) is 0 Å². The maximum absolute atomic E-state index is 13.5. The molecule has 0 bridgehead atoms. The fourth-order valence-electron chi connectivity index (χ4n) is 3.20. The molecule has 1 fully saturated rings. The first kappa shape index (κ1) is 18.8. The third kappa shape index (κ3) is 3.83. The molecule has 0 unspecified atom stereocenters. The Morgan fingerprint density at radius 2 is 2.25 bits per heavy atom. The monoisotopic (exact) mass is 404 g/mol. The fourth-order valence-corrected chi connectivity index (χ4v) is 3.75. The minimum Gasteiger partial charge on any atom is -0.377 e. The lowest BCUT2D eigenvalue weighted by molar-refractivity contribution is 0.0855. The molecule has 8 nitrogen and oxygen atoms in total. The summed E-state index contributed by atoms with van der Waals surface area (Å²) in [6.07, 6.45) is 6.56. The standard InChI is InChI=1S/C18H21FN6O2S/c1-28(2,26)24-15-9-16(25-7-8-27-11-12(25)10-19)23-18(22-15)14-4-6-21-17-13(14)3-5-20-17/h3-6,9,12H,7-8,10-11H2,1-2H3,(H,20,21)/t12-/m1/s1. The van der Waals surface area contributed by atoms with Crippen LogP contribution < -0.4 is 4.90 Å². The zero-order chi connectivity index (χ0) is 19.7. The highest BCUT2D eigenvalue weighted by Gasteiger charge is 2.25. The SMILES string of the molecule is CS(C)(=O)=Nc1cc(N2CCOC[C@H]2CF)nc(-c2ccnc3[nH]ccc23)n1. The Morgan fingerprint density at radius 3 is 3.04 bits per heavy atom. The average Bonchev–Trinajstić information content (AvgIpc) is 3.15. The summed E-state index contributed by atoms with van der Waals surface area (Å²) in [5.41, 5.74) is 1.49. The van der Waals surface area contributed by atoms with E-state index < -0.39 is 22.4 Å². The molecule has 1 N–H and O–H groups in total. The normalized spacial score (nSPS) is 17.8. The molecule has 148 valence electrons. The topological polar surface area (TPSA) is 96.4 Å². The van der Waals surface area contributed by atoms with E-state index in [-0.39, 0.29) is 6.61 Å².